The lowest BCUT2D eigenvalue weighted by Crippen LogP contribution is -1.85. The van der Waals surface area contributed by atoms with Crippen molar-refractivity contribution in [3.05, 3.63) is 64.1 Å². The van der Waals surface area contributed by atoms with E-state index in [0.29, 0.717) is 10.6 Å². The molecule has 0 fully saturated rings. The van der Waals surface area contributed by atoms with Crippen molar-refractivity contribution >= 4 is 27.7 Å². The van der Waals surface area contributed by atoms with Crippen molar-refractivity contribution in [3.63, 3.8) is 0 Å². The maximum absolute atomic E-state index is 13.4. The lowest BCUT2D eigenvalue weighted by atomic mass is 10.2. The molecule has 2 aromatic rings. The fourth-order valence-electron chi connectivity index (χ4n) is 1.38. The van der Waals surface area contributed by atoms with Gasteiger partial charge < -0.3 is 0 Å². The largest absolute Gasteiger partial charge is 0.207 e. The third-order valence-corrected chi connectivity index (χ3v) is 3.77. The van der Waals surface area contributed by atoms with Gasteiger partial charge in [-0.2, -0.15) is 0 Å². The Balaban J connectivity index is 2.09. The number of hydrogen-bond donors (Lipinski definition) is 0. The van der Waals surface area contributed by atoms with E-state index >= 15 is 0 Å². The van der Waals surface area contributed by atoms with Gasteiger partial charge in [-0.05, 0) is 35.9 Å². The molecule has 0 spiro atoms. The molecule has 0 radical (unpaired) electrons. The van der Waals surface area contributed by atoms with Crippen molar-refractivity contribution in [3.8, 4) is 0 Å². The van der Waals surface area contributed by atoms with E-state index in [1.165, 1.54) is 17.8 Å². The van der Waals surface area contributed by atoms with Crippen molar-refractivity contribution in [2.24, 2.45) is 0 Å². The summed E-state index contributed by atoms with van der Waals surface area (Å²) in [7, 11) is 0. The van der Waals surface area contributed by atoms with Gasteiger partial charge in [-0.1, -0.05) is 28.1 Å². The minimum atomic E-state index is -0.414. The summed E-state index contributed by atoms with van der Waals surface area (Å²) in [5, 5.41) is 0. The Hall–Kier alpha value is -0.870. The highest BCUT2D eigenvalue weighted by molar-refractivity contribution is 9.10. The molecule has 0 amide bonds. The van der Waals surface area contributed by atoms with Gasteiger partial charge in [-0.25, -0.2) is 8.78 Å². The molecule has 0 N–H and O–H groups in total. The third kappa shape index (κ3) is 3.54. The highest BCUT2D eigenvalue weighted by atomic mass is 79.9. The Morgan fingerprint density at radius 1 is 1.06 bits per heavy atom. The predicted octanol–water partition coefficient (Wildman–Crippen LogP) is 5.02. The topological polar surface area (TPSA) is 0 Å². The summed E-state index contributed by atoms with van der Waals surface area (Å²) in [5.41, 5.74) is 1.06. The SMILES string of the molecule is Fc1ccc(F)c(SCc2cccc(Br)c2)c1. The van der Waals surface area contributed by atoms with E-state index in [-0.39, 0.29) is 5.82 Å². The summed E-state index contributed by atoms with van der Waals surface area (Å²) in [4.78, 5) is 0.338. The average molecular weight is 315 g/mol. The van der Waals surface area contributed by atoms with E-state index in [1.54, 1.807) is 0 Å². The number of halogens is 3. The standard InChI is InChI=1S/C13H9BrF2S/c14-10-3-1-2-9(6-10)8-17-13-7-11(15)4-5-12(13)16/h1-7H,8H2. The van der Waals surface area contributed by atoms with Crippen molar-refractivity contribution in [1.82, 2.24) is 0 Å². The molecule has 0 saturated carbocycles. The van der Waals surface area contributed by atoms with Gasteiger partial charge in [0.15, 0.2) is 0 Å². The Kier molecular flexibility index (Phi) is 4.18. The van der Waals surface area contributed by atoms with Gasteiger partial charge in [0.25, 0.3) is 0 Å². The molecule has 0 unspecified atom stereocenters. The van der Waals surface area contributed by atoms with Crippen LogP contribution in [0.4, 0.5) is 8.78 Å². The Morgan fingerprint density at radius 3 is 2.65 bits per heavy atom. The van der Waals surface area contributed by atoms with Gasteiger partial charge in [-0.3, -0.25) is 0 Å². The number of hydrogen-bond acceptors (Lipinski definition) is 1. The van der Waals surface area contributed by atoms with Crippen molar-refractivity contribution < 1.29 is 8.78 Å². The zero-order valence-corrected chi connectivity index (χ0v) is 11.2. The maximum Gasteiger partial charge on any atom is 0.136 e. The average Bonchev–Trinajstić information content (AvgIpc) is 2.30. The van der Waals surface area contributed by atoms with Crippen LogP contribution in [0.3, 0.4) is 0 Å². The lowest BCUT2D eigenvalue weighted by molar-refractivity contribution is 0.577. The first-order valence-electron chi connectivity index (χ1n) is 4.97. The summed E-state index contributed by atoms with van der Waals surface area (Å²) < 4.78 is 27.3. The molecule has 0 nitrogen and oxygen atoms in total. The number of rotatable bonds is 3. The van der Waals surface area contributed by atoms with Crippen molar-refractivity contribution in [2.75, 3.05) is 0 Å². The third-order valence-electron chi connectivity index (χ3n) is 2.18. The van der Waals surface area contributed by atoms with Crippen molar-refractivity contribution in [2.45, 2.75) is 10.6 Å². The summed E-state index contributed by atoms with van der Waals surface area (Å²) in [5.74, 6) is -0.186. The molecule has 2 rings (SSSR count). The van der Waals surface area contributed by atoms with Gasteiger partial charge in [0, 0.05) is 15.1 Å². The molecular weight excluding hydrogens is 306 g/mol. The summed E-state index contributed by atoms with van der Waals surface area (Å²) in [6, 6.07) is 11.3. The van der Waals surface area contributed by atoms with Gasteiger partial charge in [-0.15, -0.1) is 11.8 Å². The summed E-state index contributed by atoms with van der Waals surface area (Å²) in [6.07, 6.45) is 0. The van der Waals surface area contributed by atoms with Gasteiger partial charge in [0.05, 0.1) is 0 Å². The molecule has 0 aliphatic heterocycles. The molecule has 0 saturated heterocycles. The normalized spacial score (nSPS) is 10.5. The molecule has 0 aromatic heterocycles. The fourth-order valence-corrected chi connectivity index (χ4v) is 2.73. The van der Waals surface area contributed by atoms with E-state index in [2.05, 4.69) is 15.9 Å². The Morgan fingerprint density at radius 2 is 1.88 bits per heavy atom. The molecule has 4 heteroatoms. The van der Waals surface area contributed by atoms with Crippen LogP contribution in [0.15, 0.2) is 51.8 Å². The monoisotopic (exact) mass is 314 g/mol. The molecule has 2 aromatic carbocycles. The van der Waals surface area contributed by atoms with Crippen LogP contribution in [0.1, 0.15) is 5.56 Å². The number of benzene rings is 2. The van der Waals surface area contributed by atoms with Crippen LogP contribution in [0.5, 0.6) is 0 Å². The minimum Gasteiger partial charge on any atom is -0.207 e. The molecule has 0 heterocycles. The quantitative estimate of drug-likeness (QED) is 0.717. The predicted molar refractivity (Wildman–Crippen MR) is 70.1 cm³/mol. The van der Waals surface area contributed by atoms with Crippen LogP contribution in [0.25, 0.3) is 0 Å². The lowest BCUT2D eigenvalue weighted by Gasteiger charge is -2.04. The molecular formula is C13H9BrF2S. The van der Waals surface area contributed by atoms with Crippen LogP contribution in [-0.4, -0.2) is 0 Å². The highest BCUT2D eigenvalue weighted by Crippen LogP contribution is 2.27. The van der Waals surface area contributed by atoms with E-state index in [1.807, 2.05) is 24.3 Å². The minimum absolute atomic E-state index is 0.338. The Labute approximate surface area is 111 Å². The van der Waals surface area contributed by atoms with E-state index in [4.69, 9.17) is 0 Å². The molecule has 17 heavy (non-hydrogen) atoms. The zero-order chi connectivity index (χ0) is 12.3. The molecule has 88 valence electrons. The van der Waals surface area contributed by atoms with E-state index in [0.717, 1.165) is 22.2 Å². The summed E-state index contributed by atoms with van der Waals surface area (Å²) >= 11 is 4.66. The molecule has 0 aliphatic rings. The van der Waals surface area contributed by atoms with Crippen LogP contribution in [0, 0.1) is 11.6 Å². The maximum atomic E-state index is 13.4. The second kappa shape index (κ2) is 5.65. The van der Waals surface area contributed by atoms with Crippen LogP contribution < -0.4 is 0 Å². The van der Waals surface area contributed by atoms with Crippen LogP contribution in [-0.2, 0) is 5.75 Å². The molecule has 0 bridgehead atoms. The van der Waals surface area contributed by atoms with Gasteiger partial charge in [0.1, 0.15) is 11.6 Å². The van der Waals surface area contributed by atoms with E-state index < -0.39 is 5.82 Å². The number of thioether (sulfide) groups is 1. The van der Waals surface area contributed by atoms with Crippen LogP contribution in [0.2, 0.25) is 0 Å². The second-order valence-electron chi connectivity index (χ2n) is 3.49. The first-order valence-corrected chi connectivity index (χ1v) is 6.75. The molecule has 0 atom stereocenters. The molecule has 0 aliphatic carbocycles. The van der Waals surface area contributed by atoms with E-state index in [9.17, 15) is 8.78 Å². The first kappa shape index (κ1) is 12.6. The van der Waals surface area contributed by atoms with Crippen LogP contribution >= 0.6 is 27.7 Å². The van der Waals surface area contributed by atoms with Gasteiger partial charge >= 0.3 is 0 Å². The first-order chi connectivity index (χ1) is 8.15. The fraction of sp³-hybridized carbons (Fsp3) is 0.0769. The smallest absolute Gasteiger partial charge is 0.136 e. The van der Waals surface area contributed by atoms with Crippen molar-refractivity contribution in [1.29, 1.82) is 0 Å². The van der Waals surface area contributed by atoms with Gasteiger partial charge in [0.2, 0.25) is 0 Å². The zero-order valence-electron chi connectivity index (χ0n) is 8.79. The second-order valence-corrected chi connectivity index (χ2v) is 5.43. The Bertz CT molecular complexity index is 529. The highest BCUT2D eigenvalue weighted by Gasteiger charge is 2.05. The summed E-state index contributed by atoms with van der Waals surface area (Å²) in [6.45, 7) is 0.